The second-order valence-electron chi connectivity index (χ2n) is 3.66. The van der Waals surface area contributed by atoms with E-state index in [2.05, 4.69) is 13.8 Å². The molecule has 14 heavy (non-hydrogen) atoms. The predicted molar refractivity (Wildman–Crippen MR) is 56.8 cm³/mol. The van der Waals surface area contributed by atoms with E-state index < -0.39 is 5.51 Å². The van der Waals surface area contributed by atoms with Crippen molar-refractivity contribution in [1.82, 2.24) is 0 Å². The molecular weight excluding hydrogens is 233 g/mol. The van der Waals surface area contributed by atoms with E-state index >= 15 is 0 Å². The van der Waals surface area contributed by atoms with Crippen LogP contribution in [0.1, 0.15) is 33.1 Å². The fourth-order valence-electron chi connectivity index (χ4n) is 1.12. The van der Waals surface area contributed by atoms with Crippen LogP contribution in [0.3, 0.4) is 0 Å². The molecule has 5 heteroatoms. The van der Waals surface area contributed by atoms with Crippen LogP contribution >= 0.6 is 23.4 Å². The quantitative estimate of drug-likeness (QED) is 0.486. The number of halogens is 4. The van der Waals surface area contributed by atoms with E-state index in [9.17, 15) is 13.2 Å². The zero-order chi connectivity index (χ0) is 11.2. The van der Waals surface area contributed by atoms with Crippen LogP contribution < -0.4 is 0 Å². The zero-order valence-electron chi connectivity index (χ0n) is 8.40. The van der Waals surface area contributed by atoms with Crippen molar-refractivity contribution in [2.75, 3.05) is 5.75 Å². The first-order valence-electron chi connectivity index (χ1n) is 4.66. The zero-order valence-corrected chi connectivity index (χ0v) is 9.98. The highest BCUT2D eigenvalue weighted by Gasteiger charge is 2.27. The Balaban J connectivity index is 3.36. The Morgan fingerprint density at radius 3 is 2.29 bits per heavy atom. The van der Waals surface area contributed by atoms with Gasteiger partial charge in [-0.15, -0.1) is 11.6 Å². The van der Waals surface area contributed by atoms with Gasteiger partial charge in [-0.25, -0.2) is 0 Å². The monoisotopic (exact) mass is 248 g/mol. The molecule has 86 valence electrons. The van der Waals surface area contributed by atoms with E-state index in [-0.39, 0.29) is 22.9 Å². The van der Waals surface area contributed by atoms with Gasteiger partial charge < -0.3 is 0 Å². The molecule has 0 rings (SSSR count). The van der Waals surface area contributed by atoms with Gasteiger partial charge in [0.1, 0.15) is 0 Å². The van der Waals surface area contributed by atoms with Gasteiger partial charge in [0.05, 0.1) is 0 Å². The minimum absolute atomic E-state index is 0.0174. The Morgan fingerprint density at radius 2 is 1.86 bits per heavy atom. The van der Waals surface area contributed by atoms with E-state index in [0.29, 0.717) is 18.8 Å². The van der Waals surface area contributed by atoms with E-state index in [1.54, 1.807) is 0 Å². The van der Waals surface area contributed by atoms with Crippen LogP contribution in [0.2, 0.25) is 0 Å². The van der Waals surface area contributed by atoms with Crippen molar-refractivity contribution in [2.24, 2.45) is 5.92 Å². The second kappa shape index (κ2) is 6.83. The Kier molecular flexibility index (Phi) is 7.04. The number of alkyl halides is 4. The van der Waals surface area contributed by atoms with Crippen molar-refractivity contribution < 1.29 is 13.2 Å². The summed E-state index contributed by atoms with van der Waals surface area (Å²) in [6.45, 7) is 4.11. The lowest BCUT2D eigenvalue weighted by Gasteiger charge is -2.11. The maximum atomic E-state index is 11.7. The van der Waals surface area contributed by atoms with Crippen LogP contribution in [0.25, 0.3) is 0 Å². The SMILES string of the molecule is CC(C)CC(Cl)CCCSC(F)(F)F. The van der Waals surface area contributed by atoms with Gasteiger partial charge in [0.25, 0.3) is 0 Å². The van der Waals surface area contributed by atoms with Crippen molar-refractivity contribution in [3.05, 3.63) is 0 Å². The molecule has 0 aliphatic heterocycles. The van der Waals surface area contributed by atoms with Crippen LogP contribution in [0.4, 0.5) is 13.2 Å². The summed E-state index contributed by atoms with van der Waals surface area (Å²) in [7, 11) is 0. The Hall–Kier alpha value is 0.430. The molecule has 0 N–H and O–H groups in total. The first-order chi connectivity index (χ1) is 6.31. The van der Waals surface area contributed by atoms with Crippen molar-refractivity contribution >= 4 is 23.4 Å². The largest absolute Gasteiger partial charge is 0.441 e. The fourth-order valence-corrected chi connectivity index (χ4v) is 2.18. The van der Waals surface area contributed by atoms with Gasteiger partial charge in [-0.1, -0.05) is 25.6 Å². The van der Waals surface area contributed by atoms with Crippen LogP contribution in [-0.2, 0) is 0 Å². The molecule has 0 amide bonds. The van der Waals surface area contributed by atoms with Gasteiger partial charge >= 0.3 is 5.51 Å². The molecule has 0 spiro atoms. The summed E-state index contributed by atoms with van der Waals surface area (Å²) in [5.41, 5.74) is -4.10. The van der Waals surface area contributed by atoms with E-state index in [1.807, 2.05) is 0 Å². The summed E-state index contributed by atoms with van der Waals surface area (Å²) in [4.78, 5) is 0. The predicted octanol–water partition coefficient (Wildman–Crippen LogP) is 4.67. The molecule has 0 aromatic rings. The number of thioether (sulfide) groups is 1. The third kappa shape index (κ3) is 10.5. The molecule has 1 unspecified atom stereocenters. The second-order valence-corrected chi connectivity index (χ2v) is 5.44. The van der Waals surface area contributed by atoms with Crippen LogP contribution in [-0.4, -0.2) is 16.6 Å². The van der Waals surface area contributed by atoms with E-state index in [0.717, 1.165) is 6.42 Å². The third-order valence-corrected chi connectivity index (χ3v) is 2.87. The third-order valence-electron chi connectivity index (χ3n) is 1.65. The molecule has 0 fully saturated rings. The maximum Gasteiger partial charge on any atom is 0.441 e. The number of hydrogen-bond acceptors (Lipinski definition) is 1. The molecule has 0 aromatic carbocycles. The molecule has 0 saturated heterocycles. The lowest BCUT2D eigenvalue weighted by Crippen LogP contribution is -2.06. The van der Waals surface area contributed by atoms with Gasteiger partial charge in [0.2, 0.25) is 0 Å². The minimum Gasteiger partial charge on any atom is -0.160 e. The topological polar surface area (TPSA) is 0 Å². The average Bonchev–Trinajstić information content (AvgIpc) is 1.95. The minimum atomic E-state index is -4.10. The highest BCUT2D eigenvalue weighted by Crippen LogP contribution is 2.31. The van der Waals surface area contributed by atoms with Crippen LogP contribution in [0.15, 0.2) is 0 Å². The molecule has 0 radical (unpaired) electrons. The van der Waals surface area contributed by atoms with Crippen molar-refractivity contribution in [2.45, 2.75) is 44.0 Å². The summed E-state index contributed by atoms with van der Waals surface area (Å²) in [5, 5.41) is 0.0174. The Labute approximate surface area is 92.6 Å². The number of hydrogen-bond donors (Lipinski definition) is 0. The van der Waals surface area contributed by atoms with Gasteiger partial charge in [-0.2, -0.15) is 13.2 Å². The van der Waals surface area contributed by atoms with E-state index in [4.69, 9.17) is 11.6 Å². The maximum absolute atomic E-state index is 11.7. The highest BCUT2D eigenvalue weighted by molar-refractivity contribution is 8.00. The standard InChI is InChI=1S/C9H16ClF3S/c1-7(2)6-8(10)4-3-5-14-9(11,12)13/h7-8H,3-6H2,1-2H3. The smallest absolute Gasteiger partial charge is 0.160 e. The van der Waals surface area contributed by atoms with Crippen LogP contribution in [0.5, 0.6) is 0 Å². The molecular formula is C9H16ClF3S. The summed E-state index contributed by atoms with van der Waals surface area (Å²) >= 11 is 5.97. The summed E-state index contributed by atoms with van der Waals surface area (Å²) < 4.78 is 35.2. The number of rotatable bonds is 6. The normalized spacial score (nSPS) is 14.8. The summed E-state index contributed by atoms with van der Waals surface area (Å²) in [6.07, 6.45) is 2.08. The van der Waals surface area contributed by atoms with Gasteiger partial charge in [0, 0.05) is 11.1 Å². The van der Waals surface area contributed by atoms with Gasteiger partial charge in [0.15, 0.2) is 0 Å². The lowest BCUT2D eigenvalue weighted by atomic mass is 10.1. The fraction of sp³-hybridized carbons (Fsp3) is 1.00. The van der Waals surface area contributed by atoms with Gasteiger partial charge in [-0.05, 0) is 25.2 Å². The first kappa shape index (κ1) is 14.4. The summed E-state index contributed by atoms with van der Waals surface area (Å²) in [6, 6.07) is 0. The van der Waals surface area contributed by atoms with Crippen molar-refractivity contribution in [1.29, 1.82) is 0 Å². The molecule has 0 heterocycles. The molecule has 0 bridgehead atoms. The molecule has 0 aliphatic rings. The lowest BCUT2D eigenvalue weighted by molar-refractivity contribution is -0.0328. The van der Waals surface area contributed by atoms with Gasteiger partial charge in [-0.3, -0.25) is 0 Å². The van der Waals surface area contributed by atoms with Crippen molar-refractivity contribution in [3.8, 4) is 0 Å². The molecule has 0 saturated carbocycles. The molecule has 0 aliphatic carbocycles. The van der Waals surface area contributed by atoms with E-state index in [1.165, 1.54) is 0 Å². The highest BCUT2D eigenvalue weighted by atomic mass is 35.5. The Bertz CT molecular complexity index is 147. The van der Waals surface area contributed by atoms with Crippen LogP contribution in [0, 0.1) is 5.92 Å². The summed E-state index contributed by atoms with van der Waals surface area (Å²) in [5.74, 6) is 0.623. The molecule has 0 nitrogen and oxygen atoms in total. The molecule has 1 atom stereocenters. The first-order valence-corrected chi connectivity index (χ1v) is 6.08. The average molecular weight is 249 g/mol. The Morgan fingerprint density at radius 1 is 1.29 bits per heavy atom. The molecule has 0 aromatic heterocycles. The van der Waals surface area contributed by atoms with Crippen molar-refractivity contribution in [3.63, 3.8) is 0 Å².